The molecule has 3 atom stereocenters. The van der Waals surface area contributed by atoms with E-state index >= 15 is 0 Å². The van der Waals surface area contributed by atoms with Crippen LogP contribution in [0.2, 0.25) is 0 Å². The fourth-order valence-corrected chi connectivity index (χ4v) is 2.77. The molecule has 0 aliphatic heterocycles. The van der Waals surface area contributed by atoms with Gasteiger partial charge < -0.3 is 30.3 Å². The molecule has 5 N–H and O–H groups in total. The van der Waals surface area contributed by atoms with Gasteiger partial charge in [-0.2, -0.15) is 0 Å². The van der Waals surface area contributed by atoms with E-state index in [1.807, 2.05) is 0 Å². The van der Waals surface area contributed by atoms with E-state index in [-0.39, 0.29) is 24.3 Å². The van der Waals surface area contributed by atoms with Gasteiger partial charge in [-0.15, -0.1) is 0 Å². The van der Waals surface area contributed by atoms with Gasteiger partial charge in [0.2, 0.25) is 0 Å². The van der Waals surface area contributed by atoms with E-state index in [2.05, 4.69) is 0 Å². The molecule has 26 heavy (non-hydrogen) atoms. The number of aliphatic hydroxyl groups is 3. The lowest BCUT2D eigenvalue weighted by Crippen LogP contribution is -2.31. The van der Waals surface area contributed by atoms with Crippen molar-refractivity contribution in [3.8, 4) is 17.2 Å². The molecule has 0 radical (unpaired) electrons. The summed E-state index contributed by atoms with van der Waals surface area (Å²) in [6.07, 6.45) is -1.54. The van der Waals surface area contributed by atoms with Crippen LogP contribution in [0, 0.1) is 0 Å². The summed E-state index contributed by atoms with van der Waals surface area (Å²) in [6.45, 7) is 0. The van der Waals surface area contributed by atoms with Gasteiger partial charge in [0.15, 0.2) is 11.5 Å². The van der Waals surface area contributed by atoms with Crippen LogP contribution in [0.5, 0.6) is 17.2 Å². The van der Waals surface area contributed by atoms with Crippen LogP contribution in [0.4, 0.5) is 0 Å². The molecule has 142 valence electrons. The second-order valence-corrected chi connectivity index (χ2v) is 6.44. The zero-order valence-electron chi connectivity index (χ0n) is 14.7. The lowest BCUT2D eigenvalue weighted by molar-refractivity contribution is -0.0128. The molecule has 0 saturated heterocycles. The Hall–Kier alpha value is -2.28. The van der Waals surface area contributed by atoms with Crippen LogP contribution in [-0.4, -0.2) is 51.0 Å². The van der Waals surface area contributed by atoms with E-state index in [4.69, 9.17) is 4.74 Å². The van der Waals surface area contributed by atoms with E-state index in [1.165, 1.54) is 25.3 Å². The average Bonchev–Trinajstić information content (AvgIpc) is 2.62. The molecule has 0 unspecified atom stereocenters. The Morgan fingerprint density at radius 2 is 1.54 bits per heavy atom. The number of phenols is 2. The number of benzene rings is 2. The van der Waals surface area contributed by atoms with Crippen molar-refractivity contribution in [2.75, 3.05) is 7.11 Å². The highest BCUT2D eigenvalue weighted by Gasteiger charge is 2.20. The largest absolute Gasteiger partial charge is 0.508 e. The maximum absolute atomic E-state index is 10.1. The third-order valence-electron chi connectivity index (χ3n) is 4.35. The normalized spacial score (nSPS) is 14.6. The number of aryl methyl sites for hydroxylation is 1. The Balaban J connectivity index is 1.80. The number of aromatic hydroxyl groups is 2. The Kier molecular flexibility index (Phi) is 7.26. The monoisotopic (exact) mass is 362 g/mol. The van der Waals surface area contributed by atoms with Crippen molar-refractivity contribution in [2.24, 2.45) is 0 Å². The molecule has 2 aromatic rings. The van der Waals surface area contributed by atoms with Gasteiger partial charge in [0, 0.05) is 12.8 Å². The first-order chi connectivity index (χ1) is 12.4. The number of aliphatic hydroxyl groups excluding tert-OH is 3. The van der Waals surface area contributed by atoms with Crippen molar-refractivity contribution in [3.05, 3.63) is 53.6 Å². The van der Waals surface area contributed by atoms with Crippen LogP contribution in [0.3, 0.4) is 0 Å². The molecule has 6 nitrogen and oxygen atoms in total. The molecule has 0 aliphatic rings. The molecule has 0 bridgehead atoms. The standard InChI is InChI=1S/C20H26O6/c1-26-20-11-14(5-9-17(20)23)4-8-16(22)12-19(25)18(24)10-13-2-6-15(21)7-3-13/h2-3,5-7,9,11,16,18-19,21-25H,4,8,10,12H2,1H3/t16-,18-,19-/m0/s1. The molecule has 2 aromatic carbocycles. The number of hydrogen-bond donors (Lipinski definition) is 5. The maximum atomic E-state index is 10.1. The number of hydrogen-bond acceptors (Lipinski definition) is 6. The fourth-order valence-electron chi connectivity index (χ4n) is 2.77. The molecular weight excluding hydrogens is 336 g/mol. The number of rotatable bonds is 9. The molecule has 0 aliphatic carbocycles. The van der Waals surface area contributed by atoms with Gasteiger partial charge >= 0.3 is 0 Å². The van der Waals surface area contributed by atoms with Crippen LogP contribution in [0.1, 0.15) is 24.0 Å². The molecule has 0 fully saturated rings. The zero-order chi connectivity index (χ0) is 19.1. The van der Waals surface area contributed by atoms with Gasteiger partial charge in [-0.05, 0) is 48.2 Å². The fraction of sp³-hybridized carbons (Fsp3) is 0.400. The van der Waals surface area contributed by atoms with Crippen molar-refractivity contribution < 1.29 is 30.3 Å². The third kappa shape index (κ3) is 5.91. The van der Waals surface area contributed by atoms with Crippen molar-refractivity contribution in [2.45, 2.75) is 44.0 Å². The summed E-state index contributed by atoms with van der Waals surface area (Å²) in [5, 5.41) is 49.2. The highest BCUT2D eigenvalue weighted by molar-refractivity contribution is 5.41. The van der Waals surface area contributed by atoms with E-state index in [1.54, 1.807) is 24.3 Å². The molecule has 2 rings (SSSR count). The summed E-state index contributed by atoms with van der Waals surface area (Å²) in [5.74, 6) is 0.580. The lowest BCUT2D eigenvalue weighted by Gasteiger charge is -2.21. The van der Waals surface area contributed by atoms with E-state index in [0.29, 0.717) is 18.6 Å². The van der Waals surface area contributed by atoms with Gasteiger partial charge in [0.25, 0.3) is 0 Å². The highest BCUT2D eigenvalue weighted by Crippen LogP contribution is 2.27. The van der Waals surface area contributed by atoms with E-state index in [9.17, 15) is 25.5 Å². The third-order valence-corrected chi connectivity index (χ3v) is 4.35. The molecule has 0 amide bonds. The Morgan fingerprint density at radius 3 is 2.19 bits per heavy atom. The summed E-state index contributed by atoms with van der Waals surface area (Å²) < 4.78 is 5.05. The van der Waals surface area contributed by atoms with Crippen molar-refractivity contribution >= 4 is 0 Å². The Morgan fingerprint density at radius 1 is 0.885 bits per heavy atom. The van der Waals surface area contributed by atoms with E-state index < -0.39 is 18.3 Å². The van der Waals surface area contributed by atoms with Gasteiger partial charge in [-0.3, -0.25) is 0 Å². The van der Waals surface area contributed by atoms with Crippen molar-refractivity contribution in [1.29, 1.82) is 0 Å². The van der Waals surface area contributed by atoms with Crippen LogP contribution in [-0.2, 0) is 12.8 Å². The topological polar surface area (TPSA) is 110 Å². The van der Waals surface area contributed by atoms with Gasteiger partial charge in [0.05, 0.1) is 25.4 Å². The number of phenolic OH excluding ortho intramolecular Hbond substituents is 2. The van der Waals surface area contributed by atoms with Crippen LogP contribution in [0.15, 0.2) is 42.5 Å². The van der Waals surface area contributed by atoms with Gasteiger partial charge in [-0.25, -0.2) is 0 Å². The molecular formula is C20H26O6. The number of ether oxygens (including phenoxy) is 1. The van der Waals surface area contributed by atoms with Crippen molar-refractivity contribution in [1.82, 2.24) is 0 Å². The predicted octanol–water partition coefficient (Wildman–Crippen LogP) is 1.75. The van der Waals surface area contributed by atoms with Gasteiger partial charge in [0.1, 0.15) is 5.75 Å². The summed E-state index contributed by atoms with van der Waals surface area (Å²) in [4.78, 5) is 0. The predicted molar refractivity (Wildman–Crippen MR) is 97.4 cm³/mol. The summed E-state index contributed by atoms with van der Waals surface area (Å²) in [5.41, 5.74) is 1.69. The molecule has 0 aromatic heterocycles. The Bertz CT molecular complexity index is 685. The first-order valence-electron chi connectivity index (χ1n) is 8.57. The van der Waals surface area contributed by atoms with Crippen molar-refractivity contribution in [3.63, 3.8) is 0 Å². The summed E-state index contributed by atoms with van der Waals surface area (Å²) in [6, 6.07) is 11.4. The smallest absolute Gasteiger partial charge is 0.160 e. The first kappa shape index (κ1) is 20.0. The Labute approximate surface area is 152 Å². The minimum Gasteiger partial charge on any atom is -0.508 e. The molecule has 0 spiro atoms. The van der Waals surface area contributed by atoms with Crippen LogP contribution < -0.4 is 4.74 Å². The second-order valence-electron chi connectivity index (χ2n) is 6.44. The summed E-state index contributed by atoms with van der Waals surface area (Å²) >= 11 is 0. The van der Waals surface area contributed by atoms with E-state index in [0.717, 1.165) is 11.1 Å². The average molecular weight is 362 g/mol. The minimum absolute atomic E-state index is 0.0598. The lowest BCUT2D eigenvalue weighted by atomic mass is 9.97. The molecule has 6 heteroatoms. The molecule has 0 saturated carbocycles. The zero-order valence-corrected chi connectivity index (χ0v) is 14.7. The molecule has 0 heterocycles. The SMILES string of the molecule is COc1cc(CC[C@H](O)C[C@H](O)[C@@H](O)Cc2ccc(O)cc2)ccc1O. The maximum Gasteiger partial charge on any atom is 0.160 e. The summed E-state index contributed by atoms with van der Waals surface area (Å²) in [7, 11) is 1.47. The minimum atomic E-state index is -1.05. The highest BCUT2D eigenvalue weighted by atomic mass is 16.5. The van der Waals surface area contributed by atoms with Crippen LogP contribution >= 0.6 is 0 Å². The number of methoxy groups -OCH3 is 1. The second kappa shape index (κ2) is 9.43. The quantitative estimate of drug-likeness (QED) is 0.465. The van der Waals surface area contributed by atoms with Crippen LogP contribution in [0.25, 0.3) is 0 Å². The first-order valence-corrected chi connectivity index (χ1v) is 8.57. The van der Waals surface area contributed by atoms with Gasteiger partial charge in [-0.1, -0.05) is 18.2 Å².